The minimum atomic E-state index is -3.95. The molecule has 5 heterocycles. The van der Waals surface area contributed by atoms with Crippen LogP contribution in [0.4, 0.5) is 14.5 Å². The van der Waals surface area contributed by atoms with Crippen molar-refractivity contribution in [3.63, 3.8) is 0 Å². The van der Waals surface area contributed by atoms with E-state index in [1.165, 1.54) is 6.20 Å². The lowest BCUT2D eigenvalue weighted by atomic mass is 10.0. The summed E-state index contributed by atoms with van der Waals surface area (Å²) in [6.07, 6.45) is 0.366. The lowest BCUT2D eigenvalue weighted by molar-refractivity contribution is -0.0523. The Bertz CT molecular complexity index is 1370. The highest BCUT2D eigenvalue weighted by atomic mass is 32.2. The van der Waals surface area contributed by atoms with Crippen molar-refractivity contribution in [2.75, 3.05) is 44.4 Å². The summed E-state index contributed by atoms with van der Waals surface area (Å²) >= 11 is 0.723. The molecule has 2 fully saturated rings. The molecule has 0 saturated carbocycles. The van der Waals surface area contributed by atoms with Gasteiger partial charge in [0.05, 0.1) is 48.9 Å². The van der Waals surface area contributed by atoms with Crippen LogP contribution in [0.25, 0.3) is 16.3 Å². The topological polar surface area (TPSA) is 123 Å². The SMILES string of the molecule is CC(C)OCC1CN(c2cc(S(=O)(=O)NC3(C)COC3)cn3c(-c4nnc(C(F)F)s4)ncc23)CCN1. The number of piperazine rings is 1. The molecule has 15 heteroatoms. The van der Waals surface area contributed by atoms with Gasteiger partial charge < -0.3 is 19.7 Å². The van der Waals surface area contributed by atoms with Gasteiger partial charge in [0.15, 0.2) is 15.8 Å². The third kappa shape index (κ3) is 5.47. The van der Waals surface area contributed by atoms with E-state index in [-0.39, 0.29) is 41.1 Å². The first-order valence-corrected chi connectivity index (χ1v) is 14.2. The summed E-state index contributed by atoms with van der Waals surface area (Å²) in [5.74, 6) is 0.241. The van der Waals surface area contributed by atoms with E-state index in [1.807, 2.05) is 13.8 Å². The highest BCUT2D eigenvalue weighted by Gasteiger charge is 2.38. The lowest BCUT2D eigenvalue weighted by Crippen LogP contribution is -2.59. The van der Waals surface area contributed by atoms with Crippen LogP contribution < -0.4 is 14.9 Å². The van der Waals surface area contributed by atoms with Gasteiger partial charge in [-0.15, -0.1) is 10.2 Å². The number of imidazole rings is 1. The third-order valence-electron chi connectivity index (χ3n) is 6.17. The van der Waals surface area contributed by atoms with Gasteiger partial charge in [0.1, 0.15) is 4.90 Å². The Balaban J connectivity index is 1.58. The molecule has 0 aliphatic carbocycles. The number of halogens is 2. The number of anilines is 1. The van der Waals surface area contributed by atoms with Crippen LogP contribution in [-0.4, -0.2) is 85.1 Å². The van der Waals surface area contributed by atoms with Gasteiger partial charge in [-0.1, -0.05) is 11.3 Å². The van der Waals surface area contributed by atoms with Crippen molar-refractivity contribution in [3.8, 4) is 10.8 Å². The molecule has 0 radical (unpaired) electrons. The number of hydrogen-bond acceptors (Lipinski definition) is 10. The Morgan fingerprint density at radius 3 is 2.78 bits per heavy atom. The minimum absolute atomic E-state index is 0.0227. The highest BCUT2D eigenvalue weighted by Crippen LogP contribution is 2.34. The molecule has 3 aromatic heterocycles. The monoisotopic (exact) mass is 557 g/mol. The molecule has 2 saturated heterocycles. The Kier molecular flexibility index (Phi) is 7.19. The molecule has 37 heavy (non-hydrogen) atoms. The van der Waals surface area contributed by atoms with E-state index in [9.17, 15) is 17.2 Å². The summed E-state index contributed by atoms with van der Waals surface area (Å²) in [7, 11) is -3.95. The molecule has 202 valence electrons. The maximum absolute atomic E-state index is 13.4. The zero-order chi connectivity index (χ0) is 26.4. The third-order valence-corrected chi connectivity index (χ3v) is 8.70. The van der Waals surface area contributed by atoms with Gasteiger partial charge in [-0.05, 0) is 26.8 Å². The summed E-state index contributed by atoms with van der Waals surface area (Å²) < 4.78 is 68.5. The number of pyridine rings is 1. The molecular formula is C22H29F2N7O4S2. The molecule has 2 aliphatic rings. The van der Waals surface area contributed by atoms with Crippen LogP contribution in [0.15, 0.2) is 23.4 Å². The van der Waals surface area contributed by atoms with E-state index in [4.69, 9.17) is 9.47 Å². The number of rotatable bonds is 9. The van der Waals surface area contributed by atoms with Gasteiger partial charge in [-0.25, -0.2) is 26.9 Å². The van der Waals surface area contributed by atoms with E-state index in [0.717, 1.165) is 11.3 Å². The highest BCUT2D eigenvalue weighted by molar-refractivity contribution is 7.89. The smallest absolute Gasteiger partial charge is 0.291 e. The first kappa shape index (κ1) is 26.3. The van der Waals surface area contributed by atoms with Crippen molar-refractivity contribution in [1.82, 2.24) is 29.6 Å². The number of fused-ring (bicyclic) bond motifs is 1. The van der Waals surface area contributed by atoms with Crippen molar-refractivity contribution >= 4 is 32.6 Å². The van der Waals surface area contributed by atoms with E-state index < -0.39 is 27.0 Å². The van der Waals surface area contributed by atoms with Crippen LogP contribution in [0.3, 0.4) is 0 Å². The molecule has 11 nitrogen and oxygen atoms in total. The number of hydrogen-bond donors (Lipinski definition) is 2. The average molecular weight is 558 g/mol. The quantitative estimate of drug-likeness (QED) is 0.407. The maximum Gasteiger partial charge on any atom is 0.291 e. The van der Waals surface area contributed by atoms with Crippen molar-refractivity contribution in [2.24, 2.45) is 0 Å². The second-order valence-corrected chi connectivity index (χ2v) is 12.5. The predicted molar refractivity (Wildman–Crippen MR) is 134 cm³/mol. The van der Waals surface area contributed by atoms with Crippen LogP contribution in [0, 0.1) is 0 Å². The normalized spacial score (nSPS) is 20.2. The summed E-state index contributed by atoms with van der Waals surface area (Å²) in [6.45, 7) is 8.66. The zero-order valence-electron chi connectivity index (χ0n) is 20.6. The number of alkyl halides is 2. The molecule has 0 spiro atoms. The molecule has 1 unspecified atom stereocenters. The summed E-state index contributed by atoms with van der Waals surface area (Å²) in [6, 6.07) is 1.67. The van der Waals surface area contributed by atoms with Gasteiger partial charge in [0.25, 0.3) is 6.43 Å². The molecule has 0 amide bonds. The predicted octanol–water partition coefficient (Wildman–Crippen LogP) is 2.06. The maximum atomic E-state index is 13.4. The van der Waals surface area contributed by atoms with Crippen molar-refractivity contribution in [1.29, 1.82) is 0 Å². The standard InChI is InChI=1S/C22H29F2N7O4S2/c1-13(2)35-10-14-8-30(5-4-25-14)16-6-15(37(32,33)29-22(3)11-34-12-22)9-31-17(16)7-26-19(31)21-28-27-20(36-21)18(23)24/h6-7,9,13-14,18,25,29H,4-5,8,10-12H2,1-3H3. The largest absolute Gasteiger partial charge is 0.377 e. The Morgan fingerprint density at radius 1 is 1.35 bits per heavy atom. The number of aromatic nitrogens is 4. The van der Waals surface area contributed by atoms with Gasteiger partial charge in [-0.3, -0.25) is 4.40 Å². The fraction of sp³-hybridized carbons (Fsp3) is 0.591. The second-order valence-electron chi connectivity index (χ2n) is 9.78. The summed E-state index contributed by atoms with van der Waals surface area (Å²) in [5.41, 5.74) is 0.587. The summed E-state index contributed by atoms with van der Waals surface area (Å²) in [5, 5.41) is 10.6. The second kappa shape index (κ2) is 10.1. The van der Waals surface area contributed by atoms with E-state index in [0.29, 0.717) is 37.4 Å². The minimum Gasteiger partial charge on any atom is -0.377 e. The van der Waals surface area contributed by atoms with Crippen LogP contribution >= 0.6 is 11.3 Å². The molecule has 3 aromatic rings. The van der Waals surface area contributed by atoms with Crippen LogP contribution in [0.1, 0.15) is 32.2 Å². The van der Waals surface area contributed by atoms with Crippen LogP contribution in [-0.2, 0) is 19.5 Å². The van der Waals surface area contributed by atoms with Crippen LogP contribution in [0.2, 0.25) is 0 Å². The first-order chi connectivity index (χ1) is 17.5. The van der Waals surface area contributed by atoms with Gasteiger partial charge in [-0.2, -0.15) is 0 Å². The number of nitrogens with zero attached hydrogens (tertiary/aromatic N) is 5. The number of ether oxygens (including phenoxy) is 2. The van der Waals surface area contributed by atoms with Gasteiger partial charge >= 0.3 is 0 Å². The van der Waals surface area contributed by atoms with Crippen LogP contribution in [0.5, 0.6) is 0 Å². The van der Waals surface area contributed by atoms with Gasteiger partial charge in [0, 0.05) is 31.9 Å². The summed E-state index contributed by atoms with van der Waals surface area (Å²) in [4.78, 5) is 6.53. The Hall–Kier alpha value is -2.30. The first-order valence-electron chi connectivity index (χ1n) is 11.9. The van der Waals surface area contributed by atoms with E-state index >= 15 is 0 Å². The fourth-order valence-corrected chi connectivity index (χ4v) is 6.43. The lowest BCUT2D eigenvalue weighted by Gasteiger charge is -2.38. The zero-order valence-corrected chi connectivity index (χ0v) is 22.3. The molecule has 5 rings (SSSR count). The van der Waals surface area contributed by atoms with Crippen molar-refractivity contribution in [3.05, 3.63) is 23.5 Å². The van der Waals surface area contributed by atoms with E-state index in [2.05, 4.69) is 30.1 Å². The Morgan fingerprint density at radius 2 is 2.14 bits per heavy atom. The molecule has 1 atom stereocenters. The number of sulfonamides is 1. The van der Waals surface area contributed by atoms with Crippen molar-refractivity contribution < 1.29 is 26.7 Å². The Labute approximate surface area is 217 Å². The van der Waals surface area contributed by atoms with Gasteiger partial charge in [0.2, 0.25) is 10.0 Å². The fourth-order valence-electron chi connectivity index (χ4n) is 4.34. The van der Waals surface area contributed by atoms with E-state index in [1.54, 1.807) is 23.6 Å². The van der Waals surface area contributed by atoms with Crippen molar-refractivity contribution in [2.45, 2.75) is 49.8 Å². The molecular weight excluding hydrogens is 528 g/mol. The average Bonchev–Trinajstić information content (AvgIpc) is 3.48. The molecule has 0 aromatic carbocycles. The molecule has 2 N–H and O–H groups in total. The number of nitrogens with one attached hydrogen (secondary N) is 2. The molecule has 0 bridgehead atoms. The molecule has 2 aliphatic heterocycles.